The monoisotopic (exact) mass is 270 g/mol. The van der Waals surface area contributed by atoms with Gasteiger partial charge in [0.05, 0.1) is 19.3 Å². The lowest BCUT2D eigenvalue weighted by Crippen LogP contribution is -2.51. The largest absolute Gasteiger partial charge is 0.381 e. The molecule has 0 bridgehead atoms. The van der Waals surface area contributed by atoms with Crippen molar-refractivity contribution in [3.05, 3.63) is 0 Å². The standard InChI is InChI=1S/C15H30N2O2/c1-3-6-16-15-5-8-18-12-13(15)10-17-7-9-19-14(4-2)11-17/h13-16H,3-12H2,1-2H3. The highest BCUT2D eigenvalue weighted by Crippen LogP contribution is 2.18. The van der Waals surface area contributed by atoms with Crippen molar-refractivity contribution in [2.24, 2.45) is 5.92 Å². The summed E-state index contributed by atoms with van der Waals surface area (Å²) in [7, 11) is 0. The summed E-state index contributed by atoms with van der Waals surface area (Å²) in [5.41, 5.74) is 0. The first-order chi connectivity index (χ1) is 9.33. The number of ether oxygens (including phenoxy) is 2. The van der Waals surface area contributed by atoms with E-state index in [0.29, 0.717) is 18.1 Å². The second kappa shape index (κ2) is 8.20. The highest BCUT2D eigenvalue weighted by atomic mass is 16.5. The Labute approximate surface area is 117 Å². The van der Waals surface area contributed by atoms with Gasteiger partial charge >= 0.3 is 0 Å². The third-order valence-corrected chi connectivity index (χ3v) is 4.30. The molecule has 0 aromatic rings. The van der Waals surface area contributed by atoms with Crippen molar-refractivity contribution in [3.63, 3.8) is 0 Å². The number of hydrogen-bond donors (Lipinski definition) is 1. The van der Waals surface area contributed by atoms with Crippen molar-refractivity contribution in [2.75, 3.05) is 46.0 Å². The Hall–Kier alpha value is -0.160. The second-order valence-corrected chi connectivity index (χ2v) is 5.84. The van der Waals surface area contributed by atoms with Crippen LogP contribution in [0.25, 0.3) is 0 Å². The molecule has 4 nitrogen and oxygen atoms in total. The highest BCUT2D eigenvalue weighted by Gasteiger charge is 2.29. The van der Waals surface area contributed by atoms with E-state index in [9.17, 15) is 0 Å². The molecular weight excluding hydrogens is 240 g/mol. The second-order valence-electron chi connectivity index (χ2n) is 5.84. The molecule has 1 N–H and O–H groups in total. The Balaban J connectivity index is 1.80. The summed E-state index contributed by atoms with van der Waals surface area (Å²) in [5, 5.41) is 3.70. The average Bonchev–Trinajstić information content (AvgIpc) is 2.46. The van der Waals surface area contributed by atoms with Gasteiger partial charge in [0.1, 0.15) is 0 Å². The van der Waals surface area contributed by atoms with E-state index >= 15 is 0 Å². The first kappa shape index (κ1) is 15.2. The first-order valence-electron chi connectivity index (χ1n) is 7.98. The van der Waals surface area contributed by atoms with Crippen LogP contribution in [-0.4, -0.2) is 63.0 Å². The number of morpholine rings is 1. The van der Waals surface area contributed by atoms with Gasteiger partial charge in [-0.1, -0.05) is 13.8 Å². The van der Waals surface area contributed by atoms with Gasteiger partial charge in [0.2, 0.25) is 0 Å². The van der Waals surface area contributed by atoms with Gasteiger partial charge in [-0.15, -0.1) is 0 Å². The van der Waals surface area contributed by atoms with Gasteiger partial charge in [-0.25, -0.2) is 0 Å². The van der Waals surface area contributed by atoms with Crippen molar-refractivity contribution in [2.45, 2.75) is 45.3 Å². The molecule has 3 unspecified atom stereocenters. The van der Waals surface area contributed by atoms with Crippen LogP contribution in [0, 0.1) is 5.92 Å². The molecule has 0 amide bonds. The van der Waals surface area contributed by atoms with E-state index in [4.69, 9.17) is 9.47 Å². The van der Waals surface area contributed by atoms with Crippen molar-refractivity contribution in [3.8, 4) is 0 Å². The van der Waals surface area contributed by atoms with Crippen LogP contribution >= 0.6 is 0 Å². The summed E-state index contributed by atoms with van der Waals surface area (Å²) < 4.78 is 11.4. The molecule has 0 radical (unpaired) electrons. The molecule has 19 heavy (non-hydrogen) atoms. The van der Waals surface area contributed by atoms with Crippen LogP contribution in [0.1, 0.15) is 33.1 Å². The molecule has 112 valence electrons. The summed E-state index contributed by atoms with van der Waals surface area (Å²) in [4.78, 5) is 2.57. The maximum atomic E-state index is 5.75. The zero-order valence-electron chi connectivity index (χ0n) is 12.6. The van der Waals surface area contributed by atoms with E-state index in [2.05, 4.69) is 24.1 Å². The van der Waals surface area contributed by atoms with E-state index in [0.717, 1.165) is 58.8 Å². The van der Waals surface area contributed by atoms with Crippen molar-refractivity contribution >= 4 is 0 Å². The van der Waals surface area contributed by atoms with E-state index in [-0.39, 0.29) is 0 Å². The van der Waals surface area contributed by atoms with Gasteiger partial charge in [0, 0.05) is 38.2 Å². The van der Waals surface area contributed by atoms with Gasteiger partial charge in [-0.05, 0) is 25.8 Å². The Bertz CT molecular complexity index is 250. The maximum absolute atomic E-state index is 5.75. The first-order valence-corrected chi connectivity index (χ1v) is 7.98. The summed E-state index contributed by atoms with van der Waals surface area (Å²) in [5.74, 6) is 0.635. The van der Waals surface area contributed by atoms with Crippen LogP contribution in [0.5, 0.6) is 0 Å². The number of hydrogen-bond acceptors (Lipinski definition) is 4. The Morgan fingerprint density at radius 3 is 2.95 bits per heavy atom. The van der Waals surface area contributed by atoms with Crippen LogP contribution in [0.15, 0.2) is 0 Å². The molecule has 0 aromatic carbocycles. The van der Waals surface area contributed by atoms with E-state index < -0.39 is 0 Å². The van der Waals surface area contributed by atoms with Crippen molar-refractivity contribution in [1.29, 1.82) is 0 Å². The number of nitrogens with zero attached hydrogens (tertiary/aromatic N) is 1. The molecule has 2 aliphatic rings. The van der Waals surface area contributed by atoms with Gasteiger partial charge in [0.25, 0.3) is 0 Å². The Kier molecular flexibility index (Phi) is 6.57. The molecule has 0 spiro atoms. The molecule has 2 aliphatic heterocycles. The predicted octanol–water partition coefficient (Wildman–Crippen LogP) is 1.50. The van der Waals surface area contributed by atoms with E-state index in [1.165, 1.54) is 6.42 Å². The van der Waals surface area contributed by atoms with Crippen LogP contribution in [0.2, 0.25) is 0 Å². The third kappa shape index (κ3) is 4.71. The molecular formula is C15H30N2O2. The van der Waals surface area contributed by atoms with E-state index in [1.807, 2.05) is 0 Å². The minimum Gasteiger partial charge on any atom is -0.381 e. The molecule has 0 aliphatic carbocycles. The number of rotatable bonds is 6. The summed E-state index contributed by atoms with van der Waals surface area (Å²) >= 11 is 0. The average molecular weight is 270 g/mol. The highest BCUT2D eigenvalue weighted by molar-refractivity contribution is 4.83. The van der Waals surface area contributed by atoms with Gasteiger partial charge in [-0.2, -0.15) is 0 Å². The van der Waals surface area contributed by atoms with Gasteiger partial charge in [0.15, 0.2) is 0 Å². The molecule has 2 fully saturated rings. The molecule has 2 rings (SSSR count). The van der Waals surface area contributed by atoms with Gasteiger partial charge < -0.3 is 14.8 Å². The summed E-state index contributed by atoms with van der Waals surface area (Å²) in [6, 6.07) is 0.636. The summed E-state index contributed by atoms with van der Waals surface area (Å²) in [6.45, 7) is 11.6. The van der Waals surface area contributed by atoms with Crippen molar-refractivity contribution in [1.82, 2.24) is 10.2 Å². The lowest BCUT2D eigenvalue weighted by atomic mass is 9.94. The minimum absolute atomic E-state index is 0.431. The SMILES string of the molecule is CCCNC1CCOCC1CN1CCOC(CC)C1. The molecule has 4 heteroatoms. The predicted molar refractivity (Wildman–Crippen MR) is 77.5 cm³/mol. The topological polar surface area (TPSA) is 33.7 Å². The summed E-state index contributed by atoms with van der Waals surface area (Å²) in [6.07, 6.45) is 3.92. The maximum Gasteiger partial charge on any atom is 0.0700 e. The van der Waals surface area contributed by atoms with Crippen LogP contribution in [-0.2, 0) is 9.47 Å². The van der Waals surface area contributed by atoms with Crippen molar-refractivity contribution < 1.29 is 9.47 Å². The fraction of sp³-hybridized carbons (Fsp3) is 1.00. The van der Waals surface area contributed by atoms with Crippen LogP contribution in [0.4, 0.5) is 0 Å². The fourth-order valence-corrected chi connectivity index (χ4v) is 3.10. The molecule has 0 aromatic heterocycles. The van der Waals surface area contributed by atoms with E-state index in [1.54, 1.807) is 0 Å². The van der Waals surface area contributed by atoms with Crippen LogP contribution in [0.3, 0.4) is 0 Å². The normalized spacial score (nSPS) is 33.5. The lowest BCUT2D eigenvalue weighted by Gasteiger charge is -2.39. The zero-order valence-corrected chi connectivity index (χ0v) is 12.6. The Morgan fingerprint density at radius 2 is 2.16 bits per heavy atom. The quantitative estimate of drug-likeness (QED) is 0.793. The smallest absolute Gasteiger partial charge is 0.0700 e. The molecule has 0 saturated carbocycles. The molecule has 3 atom stereocenters. The minimum atomic E-state index is 0.431. The molecule has 2 saturated heterocycles. The van der Waals surface area contributed by atoms with Crippen LogP contribution < -0.4 is 5.32 Å². The fourth-order valence-electron chi connectivity index (χ4n) is 3.10. The molecule has 2 heterocycles. The lowest BCUT2D eigenvalue weighted by molar-refractivity contribution is -0.0486. The zero-order chi connectivity index (χ0) is 13.5. The Morgan fingerprint density at radius 1 is 1.26 bits per heavy atom. The third-order valence-electron chi connectivity index (χ3n) is 4.30. The van der Waals surface area contributed by atoms with Gasteiger partial charge in [-0.3, -0.25) is 4.90 Å². The number of nitrogens with one attached hydrogen (secondary N) is 1.